The lowest BCUT2D eigenvalue weighted by atomic mass is 10.2. The Kier molecular flexibility index (Phi) is 6.80. The van der Waals surface area contributed by atoms with Crippen molar-refractivity contribution in [1.82, 2.24) is 0 Å². The van der Waals surface area contributed by atoms with Crippen molar-refractivity contribution < 1.29 is 17.1 Å². The Morgan fingerprint density at radius 2 is 2.27 bits per heavy atom. The topological polar surface area (TPSA) is 59.1 Å². The second kappa shape index (κ2) is 6.98. The molecule has 0 atom stereocenters. The highest BCUT2D eigenvalue weighted by atomic mass is 79.9. The average molecular weight is 311 g/mol. The normalized spacial score (nSPS) is 9.20. The summed E-state index contributed by atoms with van der Waals surface area (Å²) < 4.78 is 6.18. The molecule has 15 heavy (non-hydrogen) atoms. The van der Waals surface area contributed by atoms with Crippen LogP contribution in [0.1, 0.15) is 5.56 Å². The Balaban J connectivity index is 0.00000196. The molecule has 0 aliphatic heterocycles. The molecule has 0 saturated heterocycles. The maximum atomic E-state index is 7.11. The van der Waals surface area contributed by atoms with Gasteiger partial charge in [0, 0.05) is 15.8 Å². The zero-order valence-corrected chi connectivity index (χ0v) is 11.2. The van der Waals surface area contributed by atoms with Crippen LogP contribution in [0, 0.1) is 5.41 Å². The highest BCUT2D eigenvalue weighted by molar-refractivity contribution is 9.10. The lowest BCUT2D eigenvalue weighted by molar-refractivity contribution is -0.00000335. The van der Waals surface area contributed by atoms with Crippen LogP contribution >= 0.6 is 27.7 Å². The van der Waals surface area contributed by atoms with E-state index in [0.29, 0.717) is 5.75 Å². The van der Waals surface area contributed by atoms with Gasteiger partial charge in [0.15, 0.2) is 5.17 Å². The minimum Gasteiger partial charge on any atom is -1.00 e. The Labute approximate surface area is 108 Å². The molecule has 0 unspecified atom stereocenters. The summed E-state index contributed by atoms with van der Waals surface area (Å²) in [5, 5.41) is 7.23. The maximum Gasteiger partial charge on any atom is 0.151 e. The summed E-state index contributed by atoms with van der Waals surface area (Å²) in [6, 6.07) is 5.77. The van der Waals surface area contributed by atoms with E-state index in [1.807, 2.05) is 18.2 Å². The largest absolute Gasteiger partial charge is 1.00 e. The first-order chi connectivity index (χ1) is 6.63. The van der Waals surface area contributed by atoms with E-state index in [1.165, 1.54) is 11.8 Å². The first-order valence-corrected chi connectivity index (χ1v) is 5.70. The number of amidine groups is 1. The fourth-order valence-electron chi connectivity index (χ4n) is 1.02. The monoisotopic (exact) mass is 309 g/mol. The molecule has 0 amide bonds. The standard InChI is InChI=1S/C9H11BrN2OS.ClH/c1-13-8-3-2-7(10)4-6(8)5-14-9(11)12;/h2-4H,5H2,1H3,(H3,11,12);1H/p-1. The van der Waals surface area contributed by atoms with Gasteiger partial charge in [-0.2, -0.15) is 0 Å². The lowest BCUT2D eigenvalue weighted by Gasteiger charge is -2.07. The van der Waals surface area contributed by atoms with Crippen LogP contribution in [0.3, 0.4) is 0 Å². The molecule has 6 heteroatoms. The van der Waals surface area contributed by atoms with Crippen molar-refractivity contribution >= 4 is 32.9 Å². The molecule has 1 aromatic carbocycles. The number of hydrogen-bond acceptors (Lipinski definition) is 3. The lowest BCUT2D eigenvalue weighted by Crippen LogP contribution is -3.00. The fraction of sp³-hybridized carbons (Fsp3) is 0.222. The van der Waals surface area contributed by atoms with Crippen LogP contribution in [0.2, 0.25) is 0 Å². The van der Waals surface area contributed by atoms with Gasteiger partial charge >= 0.3 is 0 Å². The van der Waals surface area contributed by atoms with Gasteiger partial charge in [-0.3, -0.25) is 5.41 Å². The summed E-state index contributed by atoms with van der Waals surface area (Å²) in [6.45, 7) is 0. The predicted octanol–water partition coefficient (Wildman–Crippen LogP) is -0.412. The Hall–Kier alpha value is -0.390. The van der Waals surface area contributed by atoms with Crippen LogP contribution in [0.25, 0.3) is 0 Å². The van der Waals surface area contributed by atoms with Crippen LogP contribution in [0.15, 0.2) is 22.7 Å². The average Bonchev–Trinajstić information content (AvgIpc) is 2.15. The van der Waals surface area contributed by atoms with Crippen molar-refractivity contribution in [2.45, 2.75) is 5.75 Å². The molecule has 0 fully saturated rings. The molecular formula is C9H11BrClN2OS-. The first-order valence-electron chi connectivity index (χ1n) is 3.92. The van der Waals surface area contributed by atoms with Gasteiger partial charge in [-0.25, -0.2) is 0 Å². The third-order valence-electron chi connectivity index (χ3n) is 1.63. The van der Waals surface area contributed by atoms with Gasteiger partial charge in [0.2, 0.25) is 0 Å². The van der Waals surface area contributed by atoms with Crippen LogP contribution in [-0.2, 0) is 5.75 Å². The summed E-state index contributed by atoms with van der Waals surface area (Å²) in [4.78, 5) is 0. The number of thioether (sulfide) groups is 1. The number of nitrogens with one attached hydrogen (secondary N) is 1. The molecular weight excluding hydrogens is 300 g/mol. The quantitative estimate of drug-likeness (QED) is 0.589. The van der Waals surface area contributed by atoms with Crippen molar-refractivity contribution in [3.63, 3.8) is 0 Å². The van der Waals surface area contributed by atoms with Crippen LogP contribution < -0.4 is 22.9 Å². The van der Waals surface area contributed by atoms with Gasteiger partial charge in [-0.05, 0) is 18.2 Å². The smallest absolute Gasteiger partial charge is 0.151 e. The van der Waals surface area contributed by atoms with Gasteiger partial charge in [0.1, 0.15) is 5.75 Å². The van der Waals surface area contributed by atoms with E-state index in [2.05, 4.69) is 15.9 Å². The van der Waals surface area contributed by atoms with E-state index in [9.17, 15) is 0 Å². The fourth-order valence-corrected chi connectivity index (χ4v) is 1.96. The second-order valence-corrected chi connectivity index (χ2v) is 4.54. The molecule has 3 N–H and O–H groups in total. The SMILES string of the molecule is COc1ccc(Br)cc1CSC(=N)N.[Cl-]. The molecule has 0 aromatic heterocycles. The van der Waals surface area contributed by atoms with Gasteiger partial charge in [-0.1, -0.05) is 27.7 Å². The van der Waals surface area contributed by atoms with Crippen molar-refractivity contribution in [2.24, 2.45) is 5.73 Å². The van der Waals surface area contributed by atoms with E-state index < -0.39 is 0 Å². The molecule has 0 aliphatic rings. The van der Waals surface area contributed by atoms with Gasteiger partial charge < -0.3 is 22.9 Å². The molecule has 3 nitrogen and oxygen atoms in total. The summed E-state index contributed by atoms with van der Waals surface area (Å²) in [5.74, 6) is 1.47. The molecule has 0 heterocycles. The van der Waals surface area contributed by atoms with Crippen LogP contribution in [0.5, 0.6) is 5.75 Å². The van der Waals surface area contributed by atoms with E-state index in [1.54, 1.807) is 7.11 Å². The zero-order valence-electron chi connectivity index (χ0n) is 8.09. The minimum atomic E-state index is 0. The van der Waals surface area contributed by atoms with E-state index in [4.69, 9.17) is 15.9 Å². The molecule has 0 spiro atoms. The van der Waals surface area contributed by atoms with Crippen molar-refractivity contribution in [1.29, 1.82) is 5.41 Å². The second-order valence-electron chi connectivity index (χ2n) is 2.61. The molecule has 1 aromatic rings. The number of halogens is 2. The van der Waals surface area contributed by atoms with E-state index in [-0.39, 0.29) is 17.6 Å². The van der Waals surface area contributed by atoms with Gasteiger partial charge in [-0.15, -0.1) is 0 Å². The first kappa shape index (κ1) is 14.6. The summed E-state index contributed by atoms with van der Waals surface area (Å²) in [5.41, 5.74) is 6.29. The molecule has 0 aliphatic carbocycles. The van der Waals surface area contributed by atoms with Crippen LogP contribution in [0.4, 0.5) is 0 Å². The Bertz CT molecular complexity index is 349. The van der Waals surface area contributed by atoms with Gasteiger partial charge in [0.25, 0.3) is 0 Å². The van der Waals surface area contributed by atoms with Crippen molar-refractivity contribution in [3.8, 4) is 5.75 Å². The van der Waals surface area contributed by atoms with Crippen LogP contribution in [-0.4, -0.2) is 12.3 Å². The molecule has 0 bridgehead atoms. The van der Waals surface area contributed by atoms with Crippen molar-refractivity contribution in [2.75, 3.05) is 7.11 Å². The Morgan fingerprint density at radius 1 is 1.60 bits per heavy atom. The zero-order chi connectivity index (χ0) is 10.6. The molecule has 0 radical (unpaired) electrons. The molecule has 84 valence electrons. The molecule has 1 rings (SSSR count). The van der Waals surface area contributed by atoms with E-state index >= 15 is 0 Å². The maximum absolute atomic E-state index is 7.11. The highest BCUT2D eigenvalue weighted by Gasteiger charge is 2.04. The molecule has 0 saturated carbocycles. The predicted molar refractivity (Wildman–Crippen MR) is 63.9 cm³/mol. The highest BCUT2D eigenvalue weighted by Crippen LogP contribution is 2.26. The number of methoxy groups -OCH3 is 1. The van der Waals surface area contributed by atoms with Gasteiger partial charge in [0.05, 0.1) is 7.11 Å². The minimum absolute atomic E-state index is 0. The summed E-state index contributed by atoms with van der Waals surface area (Å²) in [6.07, 6.45) is 0. The van der Waals surface area contributed by atoms with Crippen molar-refractivity contribution in [3.05, 3.63) is 28.2 Å². The Morgan fingerprint density at radius 3 is 2.80 bits per heavy atom. The third kappa shape index (κ3) is 4.77. The summed E-state index contributed by atoms with van der Waals surface area (Å²) >= 11 is 4.67. The van der Waals surface area contributed by atoms with E-state index in [0.717, 1.165) is 15.8 Å². The number of nitrogens with two attached hydrogens (primary N) is 1. The number of benzene rings is 1. The number of ether oxygens (including phenoxy) is 1. The summed E-state index contributed by atoms with van der Waals surface area (Å²) in [7, 11) is 1.63. The third-order valence-corrected chi connectivity index (χ3v) is 2.89. The number of rotatable bonds is 3. The number of hydrogen-bond donors (Lipinski definition) is 2.